The van der Waals surface area contributed by atoms with E-state index < -0.39 is 12.1 Å². The predicted molar refractivity (Wildman–Crippen MR) is 108 cm³/mol. The van der Waals surface area contributed by atoms with Gasteiger partial charge in [0.1, 0.15) is 23.5 Å². The molecule has 1 N–H and O–H groups in total. The van der Waals surface area contributed by atoms with E-state index in [1.165, 1.54) is 0 Å². The minimum atomic E-state index is -0.421. The van der Waals surface area contributed by atoms with Crippen LogP contribution in [0.4, 0.5) is 0 Å². The molecule has 0 saturated carbocycles. The fourth-order valence-corrected chi connectivity index (χ4v) is 4.06. The van der Waals surface area contributed by atoms with Crippen molar-refractivity contribution in [3.05, 3.63) is 42.2 Å². The van der Waals surface area contributed by atoms with Gasteiger partial charge in [-0.1, -0.05) is 26.0 Å². The number of carbonyl (C=O) groups excluding carboxylic acids is 2. The molecule has 154 valence electrons. The molecule has 2 aliphatic rings. The molecule has 0 spiro atoms. The number of benzene rings is 1. The molecule has 1 aromatic carbocycles. The number of piperazine rings is 2. The van der Waals surface area contributed by atoms with Crippen LogP contribution >= 0.6 is 0 Å². The van der Waals surface area contributed by atoms with Gasteiger partial charge in [0.15, 0.2) is 0 Å². The second-order valence-corrected chi connectivity index (χ2v) is 7.98. The number of ether oxygens (including phenoxy) is 1. The summed E-state index contributed by atoms with van der Waals surface area (Å²) in [7, 11) is 1.64. The van der Waals surface area contributed by atoms with Crippen molar-refractivity contribution >= 4 is 11.8 Å². The van der Waals surface area contributed by atoms with Crippen molar-refractivity contribution < 1.29 is 14.3 Å². The zero-order chi connectivity index (χ0) is 20.5. The van der Waals surface area contributed by atoms with Crippen molar-refractivity contribution in [1.29, 1.82) is 0 Å². The molecular formula is C21H27N5O3. The van der Waals surface area contributed by atoms with Crippen LogP contribution in [0.5, 0.6) is 5.75 Å². The SMILES string of the molecule is COc1ccccc1-n1cc(CN2CCN3C(=O)[C@@H](C(C)C)NC(=O)[C@H]3C2)cn1. The molecule has 8 nitrogen and oxygen atoms in total. The molecule has 2 atom stereocenters. The standard InChI is InChI=1S/C21H27N5O3/c1-14(2)19-21(28)25-9-8-24(13-17(25)20(27)23-19)11-15-10-22-26(12-15)16-6-4-5-7-18(16)29-3/h4-7,10,12,14,17,19H,8-9,11,13H2,1-3H3,(H,23,27)/t17-,19-/m1/s1. The highest BCUT2D eigenvalue weighted by molar-refractivity contribution is 5.97. The van der Waals surface area contributed by atoms with Crippen LogP contribution in [0, 0.1) is 5.92 Å². The Morgan fingerprint density at radius 2 is 2.03 bits per heavy atom. The second-order valence-electron chi connectivity index (χ2n) is 7.98. The molecular weight excluding hydrogens is 370 g/mol. The number of hydrogen-bond acceptors (Lipinski definition) is 5. The van der Waals surface area contributed by atoms with Crippen LogP contribution in [0.1, 0.15) is 19.4 Å². The fourth-order valence-electron chi connectivity index (χ4n) is 4.06. The first-order valence-corrected chi connectivity index (χ1v) is 9.98. The molecule has 3 heterocycles. The van der Waals surface area contributed by atoms with Crippen molar-refractivity contribution in [2.24, 2.45) is 5.92 Å². The van der Waals surface area contributed by atoms with Crippen LogP contribution in [0.3, 0.4) is 0 Å². The van der Waals surface area contributed by atoms with Crippen molar-refractivity contribution in [2.45, 2.75) is 32.5 Å². The maximum atomic E-state index is 12.7. The number of aromatic nitrogens is 2. The van der Waals surface area contributed by atoms with Crippen molar-refractivity contribution in [1.82, 2.24) is 24.9 Å². The van der Waals surface area contributed by atoms with Crippen LogP contribution in [0.15, 0.2) is 36.7 Å². The normalized spacial score (nSPS) is 22.6. The van der Waals surface area contributed by atoms with Gasteiger partial charge in [0, 0.05) is 37.9 Å². The van der Waals surface area contributed by atoms with E-state index in [9.17, 15) is 9.59 Å². The Labute approximate surface area is 170 Å². The number of amides is 2. The van der Waals surface area contributed by atoms with Gasteiger partial charge in [0.2, 0.25) is 11.8 Å². The second kappa shape index (κ2) is 7.87. The Bertz CT molecular complexity index is 909. The predicted octanol–water partition coefficient (Wildman–Crippen LogP) is 1.05. The largest absolute Gasteiger partial charge is 0.494 e. The number of nitrogens with one attached hydrogen (secondary N) is 1. The average Bonchev–Trinajstić information content (AvgIpc) is 3.18. The first-order valence-electron chi connectivity index (χ1n) is 9.98. The highest BCUT2D eigenvalue weighted by atomic mass is 16.5. The molecule has 29 heavy (non-hydrogen) atoms. The summed E-state index contributed by atoms with van der Waals surface area (Å²) in [6, 6.07) is 6.89. The number of nitrogens with zero attached hydrogens (tertiary/aromatic N) is 4. The minimum Gasteiger partial charge on any atom is -0.494 e. The van der Waals surface area contributed by atoms with Gasteiger partial charge in [0.05, 0.1) is 13.3 Å². The molecule has 8 heteroatoms. The third-order valence-corrected chi connectivity index (χ3v) is 5.65. The van der Waals surface area contributed by atoms with Gasteiger partial charge in [0.25, 0.3) is 0 Å². The van der Waals surface area contributed by atoms with Gasteiger partial charge in [-0.15, -0.1) is 0 Å². The Morgan fingerprint density at radius 1 is 1.24 bits per heavy atom. The molecule has 1 aromatic heterocycles. The average molecular weight is 397 g/mol. The quantitative estimate of drug-likeness (QED) is 0.816. The Balaban J connectivity index is 1.44. The molecule has 0 aliphatic carbocycles. The number of methoxy groups -OCH3 is 1. The molecule has 4 rings (SSSR count). The van der Waals surface area contributed by atoms with E-state index in [1.807, 2.05) is 50.5 Å². The lowest BCUT2D eigenvalue weighted by Crippen LogP contribution is -2.70. The maximum absolute atomic E-state index is 12.7. The lowest BCUT2D eigenvalue weighted by Gasteiger charge is -2.46. The van der Waals surface area contributed by atoms with Gasteiger partial charge in [-0.3, -0.25) is 14.5 Å². The van der Waals surface area contributed by atoms with E-state index >= 15 is 0 Å². The summed E-state index contributed by atoms with van der Waals surface area (Å²) >= 11 is 0. The van der Waals surface area contributed by atoms with E-state index in [4.69, 9.17) is 4.74 Å². The number of para-hydroxylation sites is 2. The van der Waals surface area contributed by atoms with Gasteiger partial charge in [-0.25, -0.2) is 4.68 Å². The molecule has 0 radical (unpaired) electrons. The minimum absolute atomic E-state index is 0.0354. The lowest BCUT2D eigenvalue weighted by atomic mass is 9.96. The van der Waals surface area contributed by atoms with Crippen LogP contribution in [-0.4, -0.2) is 70.2 Å². The molecule has 0 bridgehead atoms. The van der Waals surface area contributed by atoms with Crippen LogP contribution in [-0.2, 0) is 16.1 Å². The molecule has 2 amide bonds. The van der Waals surface area contributed by atoms with Gasteiger partial charge in [-0.2, -0.15) is 5.10 Å². The summed E-state index contributed by atoms with van der Waals surface area (Å²) < 4.78 is 7.21. The Morgan fingerprint density at radius 3 is 2.79 bits per heavy atom. The monoisotopic (exact) mass is 397 g/mol. The summed E-state index contributed by atoms with van der Waals surface area (Å²) in [5, 5.41) is 7.36. The van der Waals surface area contributed by atoms with E-state index in [0.717, 1.165) is 23.5 Å². The van der Waals surface area contributed by atoms with Crippen LogP contribution < -0.4 is 10.1 Å². The molecule has 2 fully saturated rings. The first kappa shape index (κ1) is 19.4. The molecule has 2 aromatic rings. The number of fused-ring (bicyclic) bond motifs is 1. The summed E-state index contributed by atoms with van der Waals surface area (Å²) in [4.78, 5) is 29.2. The van der Waals surface area contributed by atoms with Crippen LogP contribution in [0.2, 0.25) is 0 Å². The fraction of sp³-hybridized carbons (Fsp3) is 0.476. The zero-order valence-corrected chi connectivity index (χ0v) is 17.0. The van der Waals surface area contributed by atoms with Gasteiger partial charge < -0.3 is 15.0 Å². The molecule has 2 saturated heterocycles. The van der Waals surface area contributed by atoms with Crippen molar-refractivity contribution in [3.63, 3.8) is 0 Å². The Hall–Kier alpha value is -2.87. The smallest absolute Gasteiger partial charge is 0.246 e. The third kappa shape index (κ3) is 3.72. The van der Waals surface area contributed by atoms with E-state index in [2.05, 4.69) is 15.3 Å². The molecule has 0 unspecified atom stereocenters. The highest BCUT2D eigenvalue weighted by Crippen LogP contribution is 2.23. The summed E-state index contributed by atoms with van der Waals surface area (Å²) in [5.74, 6) is 0.824. The first-order chi connectivity index (χ1) is 14.0. The zero-order valence-electron chi connectivity index (χ0n) is 17.0. The van der Waals surface area contributed by atoms with E-state index in [1.54, 1.807) is 16.7 Å². The number of carbonyl (C=O) groups is 2. The summed E-state index contributed by atoms with van der Waals surface area (Å²) in [6.07, 6.45) is 3.81. The maximum Gasteiger partial charge on any atom is 0.246 e. The molecule has 2 aliphatic heterocycles. The highest BCUT2D eigenvalue weighted by Gasteiger charge is 2.44. The number of rotatable bonds is 5. The van der Waals surface area contributed by atoms with Gasteiger partial charge in [-0.05, 0) is 18.1 Å². The topological polar surface area (TPSA) is 79.7 Å². The van der Waals surface area contributed by atoms with Crippen molar-refractivity contribution in [3.8, 4) is 11.4 Å². The lowest BCUT2D eigenvalue weighted by molar-refractivity contribution is -0.154. The third-order valence-electron chi connectivity index (χ3n) is 5.65. The van der Waals surface area contributed by atoms with Gasteiger partial charge >= 0.3 is 0 Å². The van der Waals surface area contributed by atoms with E-state index in [-0.39, 0.29) is 17.7 Å². The van der Waals surface area contributed by atoms with Crippen molar-refractivity contribution in [2.75, 3.05) is 26.7 Å². The summed E-state index contributed by atoms with van der Waals surface area (Å²) in [6.45, 7) is 6.43. The Kier molecular flexibility index (Phi) is 5.27. The van der Waals surface area contributed by atoms with E-state index in [0.29, 0.717) is 19.6 Å². The summed E-state index contributed by atoms with van der Waals surface area (Å²) in [5.41, 5.74) is 1.93. The number of hydrogen-bond donors (Lipinski definition) is 1. The van der Waals surface area contributed by atoms with Crippen LogP contribution in [0.25, 0.3) is 5.69 Å².